The first-order chi connectivity index (χ1) is 13.6. The summed E-state index contributed by atoms with van der Waals surface area (Å²) in [4.78, 5) is 3.24. The zero-order chi connectivity index (χ0) is 19.4. The van der Waals surface area contributed by atoms with Gasteiger partial charge in [-0.3, -0.25) is 0 Å². The lowest BCUT2D eigenvalue weighted by Crippen LogP contribution is -2.27. The van der Waals surface area contributed by atoms with E-state index in [-0.39, 0.29) is 5.88 Å². The summed E-state index contributed by atoms with van der Waals surface area (Å²) < 4.78 is 5.77. The number of methoxy groups -OCH3 is 1. The average Bonchev–Trinajstić information content (AvgIpc) is 3.34. The molecule has 0 radical (unpaired) electrons. The number of anilines is 1. The topological polar surface area (TPSA) is 44.7 Å². The van der Waals surface area contributed by atoms with Gasteiger partial charge in [-0.05, 0) is 55.8 Å². The van der Waals surface area contributed by atoms with Gasteiger partial charge in [0.2, 0.25) is 5.88 Å². The van der Waals surface area contributed by atoms with Crippen LogP contribution in [0.1, 0.15) is 16.7 Å². The highest BCUT2D eigenvalue weighted by molar-refractivity contribution is 8.04. The number of aliphatic hydroxyl groups is 1. The minimum atomic E-state index is 0.250. The van der Waals surface area contributed by atoms with Gasteiger partial charge in [0, 0.05) is 34.2 Å². The van der Waals surface area contributed by atoms with Crippen LogP contribution in [0, 0.1) is 0 Å². The molecule has 0 saturated carbocycles. The van der Waals surface area contributed by atoms with E-state index < -0.39 is 0 Å². The summed E-state index contributed by atoms with van der Waals surface area (Å²) >= 11 is 1.67. The molecule has 2 N–H and O–H groups in total. The minimum absolute atomic E-state index is 0.250. The molecule has 2 heterocycles. The molecule has 1 unspecified atom stereocenters. The van der Waals surface area contributed by atoms with Crippen LogP contribution in [0.25, 0.3) is 16.7 Å². The van der Waals surface area contributed by atoms with E-state index in [1.165, 1.54) is 16.7 Å². The van der Waals surface area contributed by atoms with Crippen LogP contribution < -0.4 is 10.1 Å². The maximum atomic E-state index is 10.4. The predicted octanol–water partition coefficient (Wildman–Crippen LogP) is 4.67. The molecule has 2 aliphatic heterocycles. The molecule has 0 fully saturated rings. The molecule has 0 saturated heterocycles. The van der Waals surface area contributed by atoms with E-state index in [1.54, 1.807) is 18.9 Å². The zero-order valence-electron chi connectivity index (χ0n) is 16.4. The highest BCUT2D eigenvalue weighted by Gasteiger charge is 2.31. The van der Waals surface area contributed by atoms with Gasteiger partial charge < -0.3 is 20.1 Å². The monoisotopic (exact) mass is 392 g/mol. The molecule has 144 valence electrons. The van der Waals surface area contributed by atoms with Crippen LogP contribution in [0.15, 0.2) is 47.2 Å². The normalized spacial score (nSPS) is 19.9. The Labute approximate surface area is 169 Å². The quantitative estimate of drug-likeness (QED) is 0.794. The summed E-state index contributed by atoms with van der Waals surface area (Å²) in [6, 6.07) is 11.4. The smallest absolute Gasteiger partial charge is 0.203 e. The van der Waals surface area contributed by atoms with Gasteiger partial charge in [-0.1, -0.05) is 24.3 Å². The summed E-state index contributed by atoms with van der Waals surface area (Å²) in [6.07, 6.45) is 4.39. The number of aliphatic hydroxyl groups excluding tert-OH is 1. The summed E-state index contributed by atoms with van der Waals surface area (Å²) in [6.45, 7) is 0. The fraction of sp³-hybridized carbons (Fsp3) is 0.304. The Morgan fingerprint density at radius 1 is 1.11 bits per heavy atom. The maximum Gasteiger partial charge on any atom is 0.203 e. The molecule has 1 aliphatic carbocycles. The Hall–Kier alpha value is -2.37. The van der Waals surface area contributed by atoms with Gasteiger partial charge in [0.1, 0.15) is 5.75 Å². The Balaban J connectivity index is 1.67. The number of thioether (sulfide) groups is 1. The minimum Gasteiger partial charge on any atom is -0.496 e. The largest absolute Gasteiger partial charge is 0.496 e. The van der Waals surface area contributed by atoms with E-state index in [0.29, 0.717) is 6.04 Å². The first kappa shape index (κ1) is 17.7. The molecule has 3 aliphatic rings. The highest BCUT2D eigenvalue weighted by atomic mass is 32.2. The van der Waals surface area contributed by atoms with Crippen molar-refractivity contribution in [3.63, 3.8) is 0 Å². The third-order valence-corrected chi connectivity index (χ3v) is 7.06. The van der Waals surface area contributed by atoms with Crippen LogP contribution in [0.2, 0.25) is 0 Å². The van der Waals surface area contributed by atoms with Crippen molar-refractivity contribution in [1.82, 2.24) is 4.90 Å². The van der Waals surface area contributed by atoms with E-state index in [1.807, 2.05) is 12.1 Å². The lowest BCUT2D eigenvalue weighted by atomic mass is 9.89. The van der Waals surface area contributed by atoms with Gasteiger partial charge in [-0.2, -0.15) is 0 Å². The van der Waals surface area contributed by atoms with Crippen molar-refractivity contribution in [2.75, 3.05) is 32.3 Å². The van der Waals surface area contributed by atoms with Gasteiger partial charge in [0.15, 0.2) is 0 Å². The third kappa shape index (κ3) is 2.65. The number of ether oxygens (including phenoxy) is 1. The predicted molar refractivity (Wildman–Crippen MR) is 117 cm³/mol. The second kappa shape index (κ2) is 6.61. The Kier molecular flexibility index (Phi) is 4.18. The number of hydrogen-bond donors (Lipinski definition) is 2. The van der Waals surface area contributed by atoms with Crippen LogP contribution in [-0.4, -0.2) is 43.0 Å². The number of likely N-dealkylation sites (N-methyl/N-ethyl adjacent to an activating group) is 1. The average molecular weight is 393 g/mol. The first-order valence-corrected chi connectivity index (χ1v) is 10.6. The Bertz CT molecular complexity index is 1040. The number of nitrogens with zero attached hydrogens (tertiary/aromatic N) is 1. The van der Waals surface area contributed by atoms with Gasteiger partial charge in [-0.25, -0.2) is 0 Å². The standard InChI is InChI=1S/C23H24N2O2S/c1-25(2)16-11-13-4-5-14(10-15(13)12-16)20-19(27-3)7-6-18-21(20)17-8-9-28-22(17)23(26)24-18/h4-8,10,16,24,26H,9,11-12H2,1-3H3. The van der Waals surface area contributed by atoms with E-state index in [9.17, 15) is 5.11 Å². The fourth-order valence-electron chi connectivity index (χ4n) is 4.51. The molecular formula is C23H24N2O2S. The second-order valence-corrected chi connectivity index (χ2v) is 8.84. The molecule has 0 spiro atoms. The van der Waals surface area contributed by atoms with Crippen molar-refractivity contribution in [1.29, 1.82) is 0 Å². The van der Waals surface area contributed by atoms with Crippen LogP contribution in [0.3, 0.4) is 0 Å². The molecule has 28 heavy (non-hydrogen) atoms. The molecule has 4 nitrogen and oxygen atoms in total. The maximum absolute atomic E-state index is 10.4. The molecular weight excluding hydrogens is 368 g/mol. The SMILES string of the molecule is COc1ccc2c(c1-c1ccc3c(c1)CC(N(C)C)C3)C1=CCSC1=C(O)N2. The Morgan fingerprint density at radius 2 is 1.93 bits per heavy atom. The van der Waals surface area contributed by atoms with Crippen LogP contribution in [-0.2, 0) is 12.8 Å². The number of hydrogen-bond acceptors (Lipinski definition) is 5. The molecule has 2 aromatic rings. The Morgan fingerprint density at radius 3 is 2.71 bits per heavy atom. The molecule has 0 aromatic heterocycles. The molecule has 5 rings (SSSR count). The molecule has 1 atom stereocenters. The van der Waals surface area contributed by atoms with E-state index in [4.69, 9.17) is 4.74 Å². The van der Waals surface area contributed by atoms with E-state index in [2.05, 4.69) is 48.6 Å². The van der Waals surface area contributed by atoms with Crippen molar-refractivity contribution < 1.29 is 9.84 Å². The molecule has 2 aromatic carbocycles. The van der Waals surface area contributed by atoms with Crippen molar-refractivity contribution >= 4 is 23.0 Å². The lowest BCUT2D eigenvalue weighted by molar-refractivity contribution is 0.303. The van der Waals surface area contributed by atoms with Gasteiger partial charge in [-0.15, -0.1) is 11.8 Å². The second-order valence-electron chi connectivity index (χ2n) is 7.81. The fourth-order valence-corrected chi connectivity index (χ4v) is 5.46. The van der Waals surface area contributed by atoms with Crippen molar-refractivity contribution in [3.05, 3.63) is 63.9 Å². The van der Waals surface area contributed by atoms with Crippen molar-refractivity contribution in [2.24, 2.45) is 0 Å². The lowest BCUT2D eigenvalue weighted by Gasteiger charge is -2.25. The number of nitrogens with one attached hydrogen (secondary N) is 1. The first-order valence-electron chi connectivity index (χ1n) is 9.60. The van der Waals surface area contributed by atoms with E-state index in [0.717, 1.165) is 51.6 Å². The molecule has 0 amide bonds. The summed E-state index contributed by atoms with van der Waals surface area (Å²) in [5.41, 5.74) is 8.30. The number of benzene rings is 2. The van der Waals surface area contributed by atoms with Crippen molar-refractivity contribution in [3.8, 4) is 16.9 Å². The molecule has 0 bridgehead atoms. The summed E-state index contributed by atoms with van der Waals surface area (Å²) in [5, 5.41) is 13.6. The van der Waals surface area contributed by atoms with E-state index >= 15 is 0 Å². The number of rotatable bonds is 3. The summed E-state index contributed by atoms with van der Waals surface area (Å²) in [5.74, 6) is 1.99. The third-order valence-electron chi connectivity index (χ3n) is 6.02. The molecule has 5 heteroatoms. The van der Waals surface area contributed by atoms with Gasteiger partial charge in [0.05, 0.1) is 12.0 Å². The van der Waals surface area contributed by atoms with Crippen molar-refractivity contribution in [2.45, 2.75) is 18.9 Å². The van der Waals surface area contributed by atoms with Crippen LogP contribution >= 0.6 is 11.8 Å². The van der Waals surface area contributed by atoms with Crippen LogP contribution in [0.4, 0.5) is 5.69 Å². The number of fused-ring (bicyclic) bond motifs is 4. The van der Waals surface area contributed by atoms with Crippen LogP contribution in [0.5, 0.6) is 5.75 Å². The number of allylic oxidation sites excluding steroid dienone is 1. The van der Waals surface area contributed by atoms with Gasteiger partial charge in [0.25, 0.3) is 0 Å². The zero-order valence-corrected chi connectivity index (χ0v) is 17.2. The highest BCUT2D eigenvalue weighted by Crippen LogP contribution is 2.51. The summed E-state index contributed by atoms with van der Waals surface area (Å²) in [7, 11) is 6.04. The van der Waals surface area contributed by atoms with Gasteiger partial charge >= 0.3 is 0 Å².